The molecule has 1 aromatic heterocycles. The molecule has 0 radical (unpaired) electrons. The molecule has 0 bridgehead atoms. The SMILES string of the molecule is CNC(Cc1csc(C)n1)C(C)c1ccccc1. The third-order valence-electron chi connectivity index (χ3n) is 3.40. The van der Waals surface area contributed by atoms with Crippen LogP contribution in [0.4, 0.5) is 0 Å². The molecule has 0 spiro atoms. The van der Waals surface area contributed by atoms with Crippen molar-refractivity contribution < 1.29 is 0 Å². The zero-order valence-corrected chi connectivity index (χ0v) is 12.0. The van der Waals surface area contributed by atoms with Crippen LogP contribution in [0.3, 0.4) is 0 Å². The van der Waals surface area contributed by atoms with Crippen LogP contribution >= 0.6 is 11.3 Å². The monoisotopic (exact) mass is 260 g/mol. The van der Waals surface area contributed by atoms with E-state index in [1.54, 1.807) is 11.3 Å². The largest absolute Gasteiger partial charge is 0.316 e. The van der Waals surface area contributed by atoms with Crippen LogP contribution in [0.25, 0.3) is 0 Å². The molecule has 0 saturated carbocycles. The summed E-state index contributed by atoms with van der Waals surface area (Å²) in [6.07, 6.45) is 0.983. The molecule has 3 heteroatoms. The minimum atomic E-state index is 0.425. The first-order valence-electron chi connectivity index (χ1n) is 6.34. The third kappa shape index (κ3) is 3.18. The van der Waals surface area contributed by atoms with E-state index in [0.717, 1.165) is 11.4 Å². The molecule has 0 amide bonds. The van der Waals surface area contributed by atoms with Gasteiger partial charge in [-0.15, -0.1) is 11.3 Å². The maximum absolute atomic E-state index is 4.55. The number of rotatable bonds is 5. The van der Waals surface area contributed by atoms with Crippen LogP contribution < -0.4 is 5.32 Å². The van der Waals surface area contributed by atoms with Crippen molar-refractivity contribution >= 4 is 11.3 Å². The number of likely N-dealkylation sites (N-methyl/N-ethyl adjacent to an activating group) is 1. The molecule has 96 valence electrons. The summed E-state index contributed by atoms with van der Waals surface area (Å²) in [6.45, 7) is 4.33. The molecular weight excluding hydrogens is 240 g/mol. The molecule has 0 aliphatic heterocycles. The summed E-state index contributed by atoms with van der Waals surface area (Å²) in [5.41, 5.74) is 2.57. The van der Waals surface area contributed by atoms with Crippen molar-refractivity contribution in [2.75, 3.05) is 7.05 Å². The van der Waals surface area contributed by atoms with Crippen molar-refractivity contribution in [3.05, 3.63) is 52.0 Å². The fourth-order valence-corrected chi connectivity index (χ4v) is 2.87. The van der Waals surface area contributed by atoms with Crippen molar-refractivity contribution in [1.29, 1.82) is 0 Å². The van der Waals surface area contributed by atoms with Crippen molar-refractivity contribution in [3.63, 3.8) is 0 Å². The predicted octanol–water partition coefficient (Wildman–Crippen LogP) is 3.39. The van der Waals surface area contributed by atoms with Crippen LogP contribution in [0, 0.1) is 6.92 Å². The van der Waals surface area contributed by atoms with Crippen molar-refractivity contribution in [1.82, 2.24) is 10.3 Å². The second-order valence-corrected chi connectivity index (χ2v) is 5.72. The number of aromatic nitrogens is 1. The lowest BCUT2D eigenvalue weighted by Crippen LogP contribution is -2.33. The average Bonchev–Trinajstić information content (AvgIpc) is 2.82. The quantitative estimate of drug-likeness (QED) is 0.891. The molecule has 18 heavy (non-hydrogen) atoms. The first-order chi connectivity index (χ1) is 8.70. The standard InChI is InChI=1S/C15H20N2S/c1-11(13-7-5-4-6-8-13)15(16-3)9-14-10-18-12(2)17-14/h4-8,10-11,15-16H,9H2,1-3H3. The Morgan fingerprint density at radius 1 is 1.28 bits per heavy atom. The second-order valence-electron chi connectivity index (χ2n) is 4.66. The number of nitrogens with one attached hydrogen (secondary N) is 1. The summed E-state index contributed by atoms with van der Waals surface area (Å²) < 4.78 is 0. The van der Waals surface area contributed by atoms with Gasteiger partial charge in [-0.25, -0.2) is 4.98 Å². The van der Waals surface area contributed by atoms with E-state index in [1.807, 2.05) is 7.05 Å². The fraction of sp³-hybridized carbons (Fsp3) is 0.400. The molecule has 2 aromatic rings. The average molecular weight is 260 g/mol. The number of hydrogen-bond donors (Lipinski definition) is 1. The fourth-order valence-electron chi connectivity index (χ4n) is 2.25. The van der Waals surface area contributed by atoms with Crippen molar-refractivity contribution in [2.45, 2.75) is 32.2 Å². The molecular formula is C15H20N2S. The van der Waals surface area contributed by atoms with Crippen LogP contribution in [0.15, 0.2) is 35.7 Å². The van der Waals surface area contributed by atoms with Crippen LogP contribution in [-0.2, 0) is 6.42 Å². The third-order valence-corrected chi connectivity index (χ3v) is 4.22. The first kappa shape index (κ1) is 13.2. The number of benzene rings is 1. The lowest BCUT2D eigenvalue weighted by molar-refractivity contribution is 0.479. The molecule has 0 aliphatic carbocycles. The molecule has 2 unspecified atom stereocenters. The maximum atomic E-state index is 4.55. The summed E-state index contributed by atoms with van der Waals surface area (Å²) in [5, 5.41) is 6.73. The Bertz CT molecular complexity index is 478. The van der Waals surface area contributed by atoms with Crippen LogP contribution in [-0.4, -0.2) is 18.1 Å². The number of aryl methyl sites for hydroxylation is 1. The Hall–Kier alpha value is -1.19. The Kier molecular flexibility index (Phi) is 4.50. The predicted molar refractivity (Wildman–Crippen MR) is 78.3 cm³/mol. The van der Waals surface area contributed by atoms with E-state index in [0.29, 0.717) is 12.0 Å². The molecule has 1 aromatic carbocycles. The molecule has 1 N–H and O–H groups in total. The summed E-state index contributed by atoms with van der Waals surface area (Å²) >= 11 is 1.73. The molecule has 1 heterocycles. The van der Waals surface area contributed by atoms with Gasteiger partial charge in [0.2, 0.25) is 0 Å². The Balaban J connectivity index is 2.09. The molecule has 0 saturated heterocycles. The highest BCUT2D eigenvalue weighted by atomic mass is 32.1. The van der Waals surface area contributed by atoms with Gasteiger partial charge < -0.3 is 5.32 Å². The van der Waals surface area contributed by atoms with Gasteiger partial charge in [0.25, 0.3) is 0 Å². The van der Waals surface area contributed by atoms with E-state index < -0.39 is 0 Å². The topological polar surface area (TPSA) is 24.9 Å². The number of thiazole rings is 1. The van der Waals surface area contributed by atoms with Crippen LogP contribution in [0.1, 0.15) is 29.1 Å². The second kappa shape index (κ2) is 6.12. The van der Waals surface area contributed by atoms with Gasteiger partial charge in [-0.2, -0.15) is 0 Å². The van der Waals surface area contributed by atoms with E-state index in [9.17, 15) is 0 Å². The summed E-state index contributed by atoms with van der Waals surface area (Å²) in [5.74, 6) is 0.484. The van der Waals surface area contributed by atoms with Gasteiger partial charge in [0, 0.05) is 17.8 Å². The van der Waals surface area contributed by atoms with Gasteiger partial charge >= 0.3 is 0 Å². The summed E-state index contributed by atoms with van der Waals surface area (Å²) in [4.78, 5) is 4.55. The first-order valence-corrected chi connectivity index (χ1v) is 7.22. The number of hydrogen-bond acceptors (Lipinski definition) is 3. The van der Waals surface area contributed by atoms with E-state index in [-0.39, 0.29) is 0 Å². The van der Waals surface area contributed by atoms with Gasteiger partial charge in [0.1, 0.15) is 0 Å². The van der Waals surface area contributed by atoms with Crippen molar-refractivity contribution in [3.8, 4) is 0 Å². The van der Waals surface area contributed by atoms with Gasteiger partial charge in [-0.1, -0.05) is 37.3 Å². The van der Waals surface area contributed by atoms with Gasteiger partial charge in [-0.3, -0.25) is 0 Å². The van der Waals surface area contributed by atoms with Gasteiger partial charge in [-0.05, 0) is 25.5 Å². The van der Waals surface area contributed by atoms with Crippen LogP contribution in [0.2, 0.25) is 0 Å². The Labute approximate surface area is 113 Å². The van der Waals surface area contributed by atoms with E-state index >= 15 is 0 Å². The zero-order valence-electron chi connectivity index (χ0n) is 11.2. The molecule has 0 fully saturated rings. The minimum absolute atomic E-state index is 0.425. The normalized spacial score (nSPS) is 14.4. The number of nitrogens with zero attached hydrogens (tertiary/aromatic N) is 1. The molecule has 2 rings (SSSR count). The van der Waals surface area contributed by atoms with Gasteiger partial charge in [0.05, 0.1) is 10.7 Å². The summed E-state index contributed by atoms with van der Waals surface area (Å²) in [6, 6.07) is 11.1. The summed E-state index contributed by atoms with van der Waals surface area (Å²) in [7, 11) is 2.03. The molecule has 0 aliphatic rings. The molecule has 2 nitrogen and oxygen atoms in total. The Morgan fingerprint density at radius 2 is 2.00 bits per heavy atom. The highest BCUT2D eigenvalue weighted by Gasteiger charge is 2.18. The zero-order chi connectivity index (χ0) is 13.0. The highest BCUT2D eigenvalue weighted by Crippen LogP contribution is 2.22. The maximum Gasteiger partial charge on any atom is 0.0897 e. The van der Waals surface area contributed by atoms with Gasteiger partial charge in [0.15, 0.2) is 0 Å². The molecule has 2 atom stereocenters. The van der Waals surface area contributed by atoms with E-state index in [4.69, 9.17) is 0 Å². The van der Waals surface area contributed by atoms with E-state index in [2.05, 4.69) is 59.9 Å². The smallest absolute Gasteiger partial charge is 0.0897 e. The lowest BCUT2D eigenvalue weighted by atomic mass is 9.91. The minimum Gasteiger partial charge on any atom is -0.316 e. The Morgan fingerprint density at radius 3 is 2.56 bits per heavy atom. The van der Waals surface area contributed by atoms with E-state index in [1.165, 1.54) is 11.3 Å². The highest BCUT2D eigenvalue weighted by molar-refractivity contribution is 7.09. The van der Waals surface area contributed by atoms with Crippen LogP contribution in [0.5, 0.6) is 0 Å². The lowest BCUT2D eigenvalue weighted by Gasteiger charge is -2.23. The van der Waals surface area contributed by atoms with Crippen molar-refractivity contribution in [2.24, 2.45) is 0 Å².